The molecule has 0 saturated heterocycles. The van der Waals surface area contributed by atoms with Crippen LogP contribution in [0.1, 0.15) is 15.9 Å². The maximum Gasteiger partial charge on any atom is 0.255 e. The Balaban J connectivity index is 2.11. The molecule has 0 unspecified atom stereocenters. The van der Waals surface area contributed by atoms with Gasteiger partial charge in [0.05, 0.1) is 11.3 Å². The number of halogens is 2. The molecular formula is C14H12F2N2O2. The summed E-state index contributed by atoms with van der Waals surface area (Å²) in [7, 11) is 0. The van der Waals surface area contributed by atoms with Crippen LogP contribution in [-0.4, -0.2) is 11.0 Å². The Labute approximate surface area is 113 Å². The number of benzene rings is 2. The fraction of sp³-hybridized carbons (Fsp3) is 0.0714. The molecule has 20 heavy (non-hydrogen) atoms. The van der Waals surface area contributed by atoms with Gasteiger partial charge in [0.15, 0.2) is 5.75 Å². The number of carbonyl (C=O) groups excluding carboxylic acids is 1. The van der Waals surface area contributed by atoms with Gasteiger partial charge in [0.25, 0.3) is 5.91 Å². The van der Waals surface area contributed by atoms with Crippen LogP contribution in [0.25, 0.3) is 0 Å². The molecule has 0 heterocycles. The van der Waals surface area contributed by atoms with E-state index in [9.17, 15) is 18.7 Å². The van der Waals surface area contributed by atoms with Crippen LogP contribution in [0, 0.1) is 11.6 Å². The van der Waals surface area contributed by atoms with Crippen LogP contribution in [0.15, 0.2) is 36.4 Å². The average molecular weight is 278 g/mol. The highest BCUT2D eigenvalue weighted by molar-refractivity contribution is 5.98. The van der Waals surface area contributed by atoms with Gasteiger partial charge in [0.2, 0.25) is 0 Å². The second-order valence-electron chi connectivity index (χ2n) is 4.16. The van der Waals surface area contributed by atoms with E-state index in [1.54, 1.807) is 0 Å². The SMILES string of the molecule is Nc1cccc(C(=O)NCc2ccc(F)cc2F)c1O. The molecule has 0 aliphatic rings. The minimum atomic E-state index is -0.748. The molecule has 2 aromatic rings. The molecule has 4 nitrogen and oxygen atoms in total. The molecule has 0 spiro atoms. The Morgan fingerprint density at radius 2 is 2.00 bits per heavy atom. The number of hydrogen-bond acceptors (Lipinski definition) is 3. The molecule has 104 valence electrons. The van der Waals surface area contributed by atoms with Crippen molar-refractivity contribution in [3.05, 3.63) is 59.2 Å². The number of nitrogens with one attached hydrogen (secondary N) is 1. The molecule has 0 aromatic heterocycles. The average Bonchev–Trinajstić information content (AvgIpc) is 2.40. The van der Waals surface area contributed by atoms with Gasteiger partial charge in [-0.3, -0.25) is 4.79 Å². The van der Waals surface area contributed by atoms with Crippen LogP contribution in [0.2, 0.25) is 0 Å². The molecule has 0 saturated carbocycles. The highest BCUT2D eigenvalue weighted by Gasteiger charge is 2.13. The van der Waals surface area contributed by atoms with Gasteiger partial charge >= 0.3 is 0 Å². The predicted molar refractivity (Wildman–Crippen MR) is 70.0 cm³/mol. The highest BCUT2D eigenvalue weighted by Crippen LogP contribution is 2.24. The number of carbonyl (C=O) groups is 1. The standard InChI is InChI=1S/C14H12F2N2O2/c15-9-5-4-8(11(16)6-9)7-18-14(20)10-2-1-3-12(17)13(10)19/h1-6,19H,7,17H2,(H,18,20). The van der Waals surface area contributed by atoms with Crippen molar-refractivity contribution in [1.29, 1.82) is 0 Å². The van der Waals surface area contributed by atoms with Crippen molar-refractivity contribution >= 4 is 11.6 Å². The summed E-state index contributed by atoms with van der Waals surface area (Å²) < 4.78 is 26.1. The third-order valence-corrected chi connectivity index (χ3v) is 2.77. The third-order valence-electron chi connectivity index (χ3n) is 2.77. The van der Waals surface area contributed by atoms with Crippen LogP contribution in [0.3, 0.4) is 0 Å². The van der Waals surface area contributed by atoms with Gasteiger partial charge in [0, 0.05) is 18.2 Å². The molecule has 0 fully saturated rings. The van der Waals surface area contributed by atoms with Crippen LogP contribution in [0.5, 0.6) is 5.75 Å². The van der Waals surface area contributed by atoms with E-state index in [0.717, 1.165) is 12.1 Å². The number of hydrogen-bond donors (Lipinski definition) is 3. The van der Waals surface area contributed by atoms with Gasteiger partial charge in [-0.15, -0.1) is 0 Å². The van der Waals surface area contributed by atoms with E-state index in [-0.39, 0.29) is 29.1 Å². The molecule has 0 radical (unpaired) electrons. The Kier molecular flexibility index (Phi) is 3.84. The molecule has 4 N–H and O–H groups in total. The van der Waals surface area contributed by atoms with Crippen molar-refractivity contribution in [3.8, 4) is 5.75 Å². The summed E-state index contributed by atoms with van der Waals surface area (Å²) in [5.41, 5.74) is 5.68. The quantitative estimate of drug-likeness (QED) is 0.595. The maximum atomic E-state index is 13.4. The fourth-order valence-corrected chi connectivity index (χ4v) is 1.68. The number of para-hydroxylation sites is 1. The van der Waals surface area contributed by atoms with Crippen molar-refractivity contribution in [2.45, 2.75) is 6.54 Å². The lowest BCUT2D eigenvalue weighted by Gasteiger charge is -2.09. The van der Waals surface area contributed by atoms with E-state index in [2.05, 4.69) is 5.32 Å². The van der Waals surface area contributed by atoms with Crippen molar-refractivity contribution in [3.63, 3.8) is 0 Å². The summed E-state index contributed by atoms with van der Waals surface area (Å²) in [6.45, 7) is -0.126. The molecule has 2 aromatic carbocycles. The van der Waals surface area contributed by atoms with E-state index in [1.807, 2.05) is 0 Å². The number of anilines is 1. The smallest absolute Gasteiger partial charge is 0.255 e. The van der Waals surface area contributed by atoms with Crippen LogP contribution in [0.4, 0.5) is 14.5 Å². The summed E-state index contributed by atoms with van der Waals surface area (Å²) in [6.07, 6.45) is 0. The van der Waals surface area contributed by atoms with Gasteiger partial charge < -0.3 is 16.2 Å². The van der Waals surface area contributed by atoms with Crippen LogP contribution < -0.4 is 11.1 Å². The van der Waals surface area contributed by atoms with Crippen molar-refractivity contribution < 1.29 is 18.7 Å². The van der Waals surface area contributed by atoms with Gasteiger partial charge in [-0.1, -0.05) is 12.1 Å². The highest BCUT2D eigenvalue weighted by atomic mass is 19.1. The molecule has 2 rings (SSSR count). The maximum absolute atomic E-state index is 13.4. The Hall–Kier alpha value is -2.63. The molecule has 1 amide bonds. The van der Waals surface area contributed by atoms with E-state index in [1.165, 1.54) is 24.3 Å². The van der Waals surface area contributed by atoms with Gasteiger partial charge in [0.1, 0.15) is 11.6 Å². The van der Waals surface area contributed by atoms with E-state index in [4.69, 9.17) is 5.73 Å². The molecular weight excluding hydrogens is 266 g/mol. The number of phenols is 1. The first-order valence-electron chi connectivity index (χ1n) is 5.78. The first-order chi connectivity index (χ1) is 9.49. The topological polar surface area (TPSA) is 75.4 Å². The monoisotopic (exact) mass is 278 g/mol. The number of aromatic hydroxyl groups is 1. The molecule has 0 aliphatic heterocycles. The number of phenolic OH excluding ortho intramolecular Hbond substituents is 1. The van der Waals surface area contributed by atoms with E-state index in [0.29, 0.717) is 0 Å². The summed E-state index contributed by atoms with van der Waals surface area (Å²) in [5.74, 6) is -2.36. The number of rotatable bonds is 3. The lowest BCUT2D eigenvalue weighted by molar-refractivity contribution is 0.0948. The largest absolute Gasteiger partial charge is 0.505 e. The minimum Gasteiger partial charge on any atom is -0.505 e. The normalized spacial score (nSPS) is 10.3. The summed E-state index contributed by atoms with van der Waals surface area (Å²) in [5, 5.41) is 12.1. The van der Waals surface area contributed by atoms with E-state index >= 15 is 0 Å². The minimum absolute atomic E-state index is 0.00693. The fourth-order valence-electron chi connectivity index (χ4n) is 1.68. The Morgan fingerprint density at radius 1 is 1.25 bits per heavy atom. The van der Waals surface area contributed by atoms with Gasteiger partial charge in [-0.2, -0.15) is 0 Å². The van der Waals surface area contributed by atoms with Crippen molar-refractivity contribution in [2.75, 3.05) is 5.73 Å². The van der Waals surface area contributed by atoms with Crippen LogP contribution in [-0.2, 0) is 6.54 Å². The lowest BCUT2D eigenvalue weighted by Crippen LogP contribution is -2.23. The molecule has 0 atom stereocenters. The van der Waals surface area contributed by atoms with Gasteiger partial charge in [-0.05, 0) is 18.2 Å². The first kappa shape index (κ1) is 13.8. The predicted octanol–water partition coefficient (Wildman–Crippen LogP) is 2.18. The van der Waals surface area contributed by atoms with Crippen molar-refractivity contribution in [2.24, 2.45) is 0 Å². The number of amides is 1. The Bertz CT molecular complexity index is 660. The second kappa shape index (κ2) is 5.56. The summed E-state index contributed by atoms with van der Waals surface area (Å²) in [6, 6.07) is 7.43. The Morgan fingerprint density at radius 3 is 2.70 bits per heavy atom. The summed E-state index contributed by atoms with van der Waals surface area (Å²) in [4.78, 5) is 11.8. The van der Waals surface area contributed by atoms with Crippen molar-refractivity contribution in [1.82, 2.24) is 5.32 Å². The molecule has 0 aliphatic carbocycles. The summed E-state index contributed by atoms with van der Waals surface area (Å²) >= 11 is 0. The first-order valence-corrected chi connectivity index (χ1v) is 5.78. The zero-order valence-corrected chi connectivity index (χ0v) is 10.4. The zero-order valence-electron chi connectivity index (χ0n) is 10.4. The lowest BCUT2D eigenvalue weighted by atomic mass is 10.1. The third kappa shape index (κ3) is 2.85. The zero-order chi connectivity index (χ0) is 14.7. The van der Waals surface area contributed by atoms with E-state index < -0.39 is 17.5 Å². The molecule has 6 heteroatoms. The van der Waals surface area contributed by atoms with Crippen LogP contribution >= 0.6 is 0 Å². The molecule has 0 bridgehead atoms. The number of nitrogens with two attached hydrogens (primary N) is 1. The van der Waals surface area contributed by atoms with Gasteiger partial charge in [-0.25, -0.2) is 8.78 Å². The number of nitrogen functional groups attached to an aromatic ring is 1. The second-order valence-corrected chi connectivity index (χ2v) is 4.16.